The second-order valence-corrected chi connectivity index (χ2v) is 3.74. The number of nitro groups is 1. The molecule has 0 unspecified atom stereocenters. The molecule has 0 spiro atoms. The van der Waals surface area contributed by atoms with Crippen LogP contribution >= 0.6 is 15.9 Å². The molecular formula is C9H7BrF3NO2. The standard InChI is InChI=1S/C9H7BrF3NO2/c1-5-2-6(9(11,12)13)3-8(14(15)16)7(5)4-10/h2-3H,4H2,1H3. The van der Waals surface area contributed by atoms with E-state index in [1.54, 1.807) is 0 Å². The first-order valence-electron chi connectivity index (χ1n) is 4.18. The van der Waals surface area contributed by atoms with E-state index in [1.807, 2.05) is 0 Å². The van der Waals surface area contributed by atoms with Crippen molar-refractivity contribution in [3.63, 3.8) is 0 Å². The summed E-state index contributed by atoms with van der Waals surface area (Å²) in [5.41, 5.74) is -0.998. The summed E-state index contributed by atoms with van der Waals surface area (Å²) < 4.78 is 37.2. The van der Waals surface area contributed by atoms with E-state index < -0.39 is 22.4 Å². The van der Waals surface area contributed by atoms with Crippen molar-refractivity contribution in [2.45, 2.75) is 18.4 Å². The maximum Gasteiger partial charge on any atom is 0.416 e. The molecule has 3 nitrogen and oxygen atoms in total. The first-order valence-corrected chi connectivity index (χ1v) is 5.30. The molecule has 1 aromatic carbocycles. The third-order valence-corrected chi connectivity index (χ3v) is 2.67. The first-order chi connectivity index (χ1) is 7.27. The molecule has 0 radical (unpaired) electrons. The third-order valence-electron chi connectivity index (χ3n) is 2.11. The minimum atomic E-state index is -4.57. The Morgan fingerprint density at radius 1 is 1.44 bits per heavy atom. The third kappa shape index (κ3) is 2.52. The highest BCUT2D eigenvalue weighted by Crippen LogP contribution is 2.35. The lowest BCUT2D eigenvalue weighted by Crippen LogP contribution is -2.08. The van der Waals surface area contributed by atoms with Crippen LogP contribution in [0.1, 0.15) is 16.7 Å². The van der Waals surface area contributed by atoms with Gasteiger partial charge in [0.15, 0.2) is 0 Å². The molecule has 1 rings (SSSR count). The maximum absolute atomic E-state index is 12.4. The van der Waals surface area contributed by atoms with Crippen molar-refractivity contribution in [1.29, 1.82) is 0 Å². The maximum atomic E-state index is 12.4. The van der Waals surface area contributed by atoms with Crippen LogP contribution in [-0.4, -0.2) is 4.92 Å². The summed E-state index contributed by atoms with van der Waals surface area (Å²) in [4.78, 5) is 9.82. The molecule has 0 aliphatic carbocycles. The molecule has 0 heterocycles. The normalized spacial score (nSPS) is 11.6. The van der Waals surface area contributed by atoms with Crippen LogP contribution < -0.4 is 0 Å². The summed E-state index contributed by atoms with van der Waals surface area (Å²) >= 11 is 3.02. The van der Waals surface area contributed by atoms with Gasteiger partial charge in [0.05, 0.1) is 10.5 Å². The van der Waals surface area contributed by atoms with E-state index >= 15 is 0 Å². The van der Waals surface area contributed by atoms with E-state index in [0.717, 1.165) is 6.07 Å². The number of halogens is 4. The monoisotopic (exact) mass is 297 g/mol. The number of rotatable bonds is 2. The van der Waals surface area contributed by atoms with Crippen molar-refractivity contribution in [3.05, 3.63) is 38.9 Å². The van der Waals surface area contributed by atoms with Crippen LogP contribution in [0.3, 0.4) is 0 Å². The quantitative estimate of drug-likeness (QED) is 0.473. The van der Waals surface area contributed by atoms with Gasteiger partial charge in [0.25, 0.3) is 5.69 Å². The summed E-state index contributed by atoms with van der Waals surface area (Å²) in [7, 11) is 0. The van der Waals surface area contributed by atoms with Crippen LogP contribution in [0.2, 0.25) is 0 Å². The van der Waals surface area contributed by atoms with Gasteiger partial charge in [-0.1, -0.05) is 15.9 Å². The molecule has 0 N–H and O–H groups in total. The second-order valence-electron chi connectivity index (χ2n) is 3.18. The lowest BCUT2D eigenvalue weighted by Gasteiger charge is -2.10. The fraction of sp³-hybridized carbons (Fsp3) is 0.333. The summed E-state index contributed by atoms with van der Waals surface area (Å²) in [6.07, 6.45) is -4.57. The number of aryl methyl sites for hydroxylation is 1. The molecule has 1 aromatic rings. The van der Waals surface area contributed by atoms with Crippen LogP contribution in [0.25, 0.3) is 0 Å². The fourth-order valence-electron chi connectivity index (χ4n) is 1.30. The Hall–Kier alpha value is -1.11. The van der Waals surface area contributed by atoms with E-state index in [-0.39, 0.29) is 16.5 Å². The number of nitro benzene ring substituents is 1. The molecule has 16 heavy (non-hydrogen) atoms. The van der Waals surface area contributed by atoms with Gasteiger partial charge in [-0.05, 0) is 18.6 Å². The van der Waals surface area contributed by atoms with Crippen molar-refractivity contribution in [3.8, 4) is 0 Å². The van der Waals surface area contributed by atoms with Crippen molar-refractivity contribution in [2.75, 3.05) is 0 Å². The van der Waals surface area contributed by atoms with Crippen LogP contribution in [0.15, 0.2) is 12.1 Å². The van der Waals surface area contributed by atoms with Gasteiger partial charge in [0.2, 0.25) is 0 Å². The second kappa shape index (κ2) is 4.40. The smallest absolute Gasteiger partial charge is 0.258 e. The molecule has 0 aliphatic rings. The SMILES string of the molecule is Cc1cc(C(F)(F)F)cc([N+](=O)[O-])c1CBr. The molecule has 0 saturated heterocycles. The van der Waals surface area contributed by atoms with Gasteiger partial charge >= 0.3 is 6.18 Å². The Labute approximate surface area is 97.5 Å². The van der Waals surface area contributed by atoms with E-state index in [2.05, 4.69) is 15.9 Å². The lowest BCUT2D eigenvalue weighted by molar-refractivity contribution is -0.385. The number of nitrogens with zero attached hydrogens (tertiary/aromatic N) is 1. The van der Waals surface area contributed by atoms with E-state index in [0.29, 0.717) is 6.07 Å². The van der Waals surface area contributed by atoms with Crippen LogP contribution in [0.5, 0.6) is 0 Å². The summed E-state index contributed by atoms with van der Waals surface area (Å²) in [5.74, 6) is 0. The Bertz CT molecular complexity index is 431. The molecule has 0 aliphatic heterocycles. The van der Waals surface area contributed by atoms with E-state index in [1.165, 1.54) is 6.92 Å². The number of hydrogen-bond donors (Lipinski definition) is 0. The highest BCUT2D eigenvalue weighted by atomic mass is 79.9. The molecule has 88 valence electrons. The lowest BCUT2D eigenvalue weighted by atomic mass is 10.0. The van der Waals surface area contributed by atoms with Crippen LogP contribution in [-0.2, 0) is 11.5 Å². The van der Waals surface area contributed by atoms with Gasteiger partial charge in [-0.3, -0.25) is 10.1 Å². The zero-order valence-electron chi connectivity index (χ0n) is 8.14. The average molecular weight is 298 g/mol. The van der Waals surface area contributed by atoms with Gasteiger partial charge in [-0.25, -0.2) is 0 Å². The molecule has 0 bridgehead atoms. The van der Waals surface area contributed by atoms with Crippen molar-refractivity contribution >= 4 is 21.6 Å². The zero-order chi connectivity index (χ0) is 12.5. The van der Waals surface area contributed by atoms with Crippen LogP contribution in [0.4, 0.5) is 18.9 Å². The van der Waals surface area contributed by atoms with Crippen molar-refractivity contribution < 1.29 is 18.1 Å². The summed E-state index contributed by atoms with van der Waals surface area (Å²) in [6.45, 7) is 1.42. The molecular weight excluding hydrogens is 291 g/mol. The largest absolute Gasteiger partial charge is 0.416 e. The molecule has 0 fully saturated rings. The van der Waals surface area contributed by atoms with E-state index in [9.17, 15) is 23.3 Å². The van der Waals surface area contributed by atoms with Crippen molar-refractivity contribution in [1.82, 2.24) is 0 Å². The molecule has 0 amide bonds. The highest BCUT2D eigenvalue weighted by molar-refractivity contribution is 9.08. The molecule has 0 atom stereocenters. The van der Waals surface area contributed by atoms with E-state index in [4.69, 9.17) is 0 Å². The predicted octanol–water partition coefficient (Wildman–Crippen LogP) is 3.82. The molecule has 7 heteroatoms. The summed E-state index contributed by atoms with van der Waals surface area (Å²) in [5, 5.41) is 10.8. The molecule has 0 aromatic heterocycles. The van der Waals surface area contributed by atoms with Gasteiger partial charge in [0.1, 0.15) is 0 Å². The van der Waals surface area contributed by atoms with Gasteiger partial charge < -0.3 is 0 Å². The Kier molecular flexibility index (Phi) is 3.57. The average Bonchev–Trinajstić information content (AvgIpc) is 2.14. The zero-order valence-corrected chi connectivity index (χ0v) is 9.72. The minimum absolute atomic E-state index is 0.146. The van der Waals surface area contributed by atoms with Gasteiger partial charge in [0, 0.05) is 17.0 Å². The fourth-order valence-corrected chi connectivity index (χ4v) is 2.03. The number of alkyl halides is 4. The molecule has 0 saturated carbocycles. The van der Waals surface area contributed by atoms with Gasteiger partial charge in [-0.15, -0.1) is 0 Å². The number of benzene rings is 1. The van der Waals surface area contributed by atoms with Crippen LogP contribution in [0, 0.1) is 17.0 Å². The Balaban J connectivity index is 3.46. The Morgan fingerprint density at radius 3 is 2.38 bits per heavy atom. The summed E-state index contributed by atoms with van der Waals surface area (Å²) in [6, 6.07) is 1.47. The highest BCUT2D eigenvalue weighted by Gasteiger charge is 2.33. The minimum Gasteiger partial charge on any atom is -0.258 e. The van der Waals surface area contributed by atoms with Crippen molar-refractivity contribution in [2.24, 2.45) is 0 Å². The Morgan fingerprint density at radius 2 is 2.00 bits per heavy atom. The number of hydrogen-bond acceptors (Lipinski definition) is 2. The topological polar surface area (TPSA) is 43.1 Å². The van der Waals surface area contributed by atoms with Gasteiger partial charge in [-0.2, -0.15) is 13.2 Å². The first kappa shape index (κ1) is 13.0. The predicted molar refractivity (Wildman–Crippen MR) is 55.5 cm³/mol.